The molecule has 6 heteroatoms. The Morgan fingerprint density at radius 2 is 2.05 bits per heavy atom. The van der Waals surface area contributed by atoms with E-state index in [9.17, 15) is 9.59 Å². The molecule has 1 aliphatic heterocycles. The molecule has 2 N–H and O–H groups in total. The van der Waals surface area contributed by atoms with E-state index in [0.717, 1.165) is 19.4 Å². The van der Waals surface area contributed by atoms with E-state index >= 15 is 0 Å². The highest BCUT2D eigenvalue weighted by molar-refractivity contribution is 5.75. The molecule has 1 fully saturated rings. The first kappa shape index (κ1) is 16.8. The molecule has 0 radical (unpaired) electrons. The van der Waals surface area contributed by atoms with E-state index in [2.05, 4.69) is 10.2 Å². The zero-order valence-corrected chi connectivity index (χ0v) is 12.8. The monoisotopic (exact) mass is 285 g/mol. The van der Waals surface area contributed by atoms with Gasteiger partial charge in [-0.1, -0.05) is 0 Å². The van der Waals surface area contributed by atoms with Crippen molar-refractivity contribution in [1.29, 1.82) is 0 Å². The van der Waals surface area contributed by atoms with Gasteiger partial charge in [0.15, 0.2) is 0 Å². The topological polar surface area (TPSA) is 72.9 Å². The molecule has 20 heavy (non-hydrogen) atoms. The van der Waals surface area contributed by atoms with Gasteiger partial charge < -0.3 is 20.2 Å². The highest BCUT2D eigenvalue weighted by atomic mass is 16.4. The summed E-state index contributed by atoms with van der Waals surface area (Å²) in [4.78, 5) is 26.9. The molecule has 1 aliphatic rings. The number of urea groups is 1. The van der Waals surface area contributed by atoms with E-state index in [1.807, 2.05) is 21.0 Å². The van der Waals surface area contributed by atoms with Crippen LogP contribution in [0.4, 0.5) is 4.79 Å². The van der Waals surface area contributed by atoms with Crippen LogP contribution < -0.4 is 5.32 Å². The van der Waals surface area contributed by atoms with Gasteiger partial charge in [0.2, 0.25) is 0 Å². The van der Waals surface area contributed by atoms with E-state index in [1.54, 1.807) is 4.90 Å². The Hall–Kier alpha value is -1.30. The number of hydrogen-bond donors (Lipinski definition) is 2. The van der Waals surface area contributed by atoms with Gasteiger partial charge in [-0.25, -0.2) is 4.79 Å². The fraction of sp³-hybridized carbons (Fsp3) is 0.857. The standard InChI is InChI=1S/C14H27N3O3/c1-11-10-12(13(18)19)6-9-17(11)14(20)15-7-4-5-8-16(2)3/h11-12H,4-10H2,1-3H3,(H,15,20)(H,18,19). The highest BCUT2D eigenvalue weighted by Crippen LogP contribution is 2.22. The third kappa shape index (κ3) is 5.36. The second-order valence-electron chi connectivity index (χ2n) is 5.84. The lowest BCUT2D eigenvalue weighted by Gasteiger charge is -2.36. The summed E-state index contributed by atoms with van der Waals surface area (Å²) >= 11 is 0. The summed E-state index contributed by atoms with van der Waals surface area (Å²) in [6, 6.07) is -0.0715. The minimum absolute atomic E-state index is 0.00775. The van der Waals surface area contributed by atoms with E-state index in [0.29, 0.717) is 25.9 Å². The van der Waals surface area contributed by atoms with Crippen molar-refractivity contribution in [2.45, 2.75) is 38.6 Å². The number of nitrogens with one attached hydrogen (secondary N) is 1. The molecule has 2 unspecified atom stereocenters. The van der Waals surface area contributed by atoms with Crippen LogP contribution in [0.15, 0.2) is 0 Å². The zero-order valence-electron chi connectivity index (χ0n) is 12.8. The Bertz CT molecular complexity index is 334. The number of likely N-dealkylation sites (tertiary alicyclic amines) is 1. The van der Waals surface area contributed by atoms with E-state index in [4.69, 9.17) is 5.11 Å². The molecule has 1 saturated heterocycles. The van der Waals surface area contributed by atoms with Crippen LogP contribution in [0.2, 0.25) is 0 Å². The third-order valence-corrected chi connectivity index (χ3v) is 3.79. The lowest BCUT2D eigenvalue weighted by atomic mass is 9.92. The maximum Gasteiger partial charge on any atom is 0.317 e. The lowest BCUT2D eigenvalue weighted by molar-refractivity contribution is -0.143. The van der Waals surface area contributed by atoms with Crippen molar-refractivity contribution < 1.29 is 14.7 Å². The van der Waals surface area contributed by atoms with Crippen LogP contribution in [0.3, 0.4) is 0 Å². The maximum absolute atomic E-state index is 12.0. The molecule has 1 heterocycles. The summed E-state index contributed by atoms with van der Waals surface area (Å²) < 4.78 is 0. The smallest absolute Gasteiger partial charge is 0.317 e. The molecule has 0 saturated carbocycles. The van der Waals surface area contributed by atoms with Gasteiger partial charge in [-0.3, -0.25) is 4.79 Å². The first-order valence-corrected chi connectivity index (χ1v) is 7.33. The zero-order chi connectivity index (χ0) is 15.1. The minimum Gasteiger partial charge on any atom is -0.481 e. The Morgan fingerprint density at radius 3 is 2.60 bits per heavy atom. The van der Waals surface area contributed by atoms with Crippen molar-refractivity contribution >= 4 is 12.0 Å². The SMILES string of the molecule is CC1CC(C(=O)O)CCN1C(=O)NCCCCN(C)C. The first-order chi connectivity index (χ1) is 9.41. The number of carbonyl (C=O) groups excluding carboxylic acids is 1. The van der Waals surface area contributed by atoms with Crippen LogP contribution in [0, 0.1) is 5.92 Å². The molecular formula is C14H27N3O3. The molecule has 2 amide bonds. The number of rotatable bonds is 6. The molecular weight excluding hydrogens is 258 g/mol. The van der Waals surface area contributed by atoms with Crippen molar-refractivity contribution in [3.63, 3.8) is 0 Å². The number of unbranched alkanes of at least 4 members (excludes halogenated alkanes) is 1. The predicted octanol–water partition coefficient (Wildman–Crippen LogP) is 1.22. The third-order valence-electron chi connectivity index (χ3n) is 3.79. The highest BCUT2D eigenvalue weighted by Gasteiger charge is 2.31. The van der Waals surface area contributed by atoms with Crippen LogP contribution in [0.5, 0.6) is 0 Å². The van der Waals surface area contributed by atoms with Crippen molar-refractivity contribution in [3.8, 4) is 0 Å². The van der Waals surface area contributed by atoms with Crippen LogP contribution in [0.1, 0.15) is 32.6 Å². The van der Waals surface area contributed by atoms with Gasteiger partial charge >= 0.3 is 12.0 Å². The molecule has 0 aromatic rings. The van der Waals surface area contributed by atoms with E-state index < -0.39 is 5.97 Å². The Kier molecular flexibility index (Phi) is 6.78. The summed E-state index contributed by atoms with van der Waals surface area (Å²) in [5.41, 5.74) is 0. The number of carboxylic acids is 1. The molecule has 116 valence electrons. The number of carboxylic acid groups (broad SMARTS) is 1. The van der Waals surface area contributed by atoms with Gasteiger partial charge in [-0.05, 0) is 53.2 Å². The van der Waals surface area contributed by atoms with Gasteiger partial charge in [-0.15, -0.1) is 0 Å². The molecule has 0 bridgehead atoms. The average molecular weight is 285 g/mol. The molecule has 0 aromatic carbocycles. The molecule has 0 spiro atoms. The molecule has 1 rings (SSSR count). The van der Waals surface area contributed by atoms with E-state index in [-0.39, 0.29) is 18.0 Å². The molecule has 0 aliphatic carbocycles. The molecule has 0 aromatic heterocycles. The second kappa shape index (κ2) is 8.09. The lowest BCUT2D eigenvalue weighted by Crippen LogP contribution is -2.50. The Balaban J connectivity index is 2.25. The molecule has 6 nitrogen and oxygen atoms in total. The number of nitrogens with zero attached hydrogens (tertiary/aromatic N) is 2. The largest absolute Gasteiger partial charge is 0.481 e. The summed E-state index contributed by atoms with van der Waals surface area (Å²) in [5, 5.41) is 11.9. The number of amides is 2. The quantitative estimate of drug-likeness (QED) is 0.720. The minimum atomic E-state index is -0.749. The Labute approximate surface area is 121 Å². The van der Waals surface area contributed by atoms with Crippen LogP contribution in [-0.2, 0) is 4.79 Å². The van der Waals surface area contributed by atoms with Crippen LogP contribution in [0.25, 0.3) is 0 Å². The summed E-state index contributed by atoms with van der Waals surface area (Å²) in [6.07, 6.45) is 3.12. The fourth-order valence-electron chi connectivity index (χ4n) is 2.55. The van der Waals surface area contributed by atoms with Crippen molar-refractivity contribution in [2.75, 3.05) is 33.7 Å². The molecule has 2 atom stereocenters. The van der Waals surface area contributed by atoms with Gasteiger partial charge in [0, 0.05) is 19.1 Å². The average Bonchev–Trinajstić information content (AvgIpc) is 2.37. The summed E-state index contributed by atoms with van der Waals surface area (Å²) in [5.74, 6) is -1.06. The Morgan fingerprint density at radius 1 is 1.35 bits per heavy atom. The number of carbonyl (C=O) groups is 2. The van der Waals surface area contributed by atoms with Crippen LogP contribution >= 0.6 is 0 Å². The second-order valence-corrected chi connectivity index (χ2v) is 5.84. The van der Waals surface area contributed by atoms with Gasteiger partial charge in [0.05, 0.1) is 5.92 Å². The first-order valence-electron chi connectivity index (χ1n) is 7.33. The van der Waals surface area contributed by atoms with E-state index in [1.165, 1.54) is 0 Å². The fourth-order valence-corrected chi connectivity index (χ4v) is 2.55. The van der Waals surface area contributed by atoms with Crippen molar-refractivity contribution in [3.05, 3.63) is 0 Å². The van der Waals surface area contributed by atoms with Crippen molar-refractivity contribution in [2.24, 2.45) is 5.92 Å². The van der Waals surface area contributed by atoms with Gasteiger partial charge in [-0.2, -0.15) is 0 Å². The number of hydrogen-bond acceptors (Lipinski definition) is 3. The van der Waals surface area contributed by atoms with Crippen molar-refractivity contribution in [1.82, 2.24) is 15.1 Å². The van der Waals surface area contributed by atoms with Crippen LogP contribution in [-0.4, -0.2) is 66.7 Å². The number of aliphatic carboxylic acids is 1. The van der Waals surface area contributed by atoms with Gasteiger partial charge in [0.25, 0.3) is 0 Å². The normalized spacial score (nSPS) is 22.9. The summed E-state index contributed by atoms with van der Waals surface area (Å²) in [7, 11) is 4.07. The maximum atomic E-state index is 12.0. The number of piperidine rings is 1. The predicted molar refractivity (Wildman–Crippen MR) is 77.7 cm³/mol. The van der Waals surface area contributed by atoms with Gasteiger partial charge in [0.1, 0.15) is 0 Å². The summed E-state index contributed by atoms with van der Waals surface area (Å²) in [6.45, 7) is 4.15.